The summed E-state index contributed by atoms with van der Waals surface area (Å²) in [5, 5.41) is 20.1. The van der Waals surface area contributed by atoms with E-state index in [1.54, 1.807) is 6.20 Å². The van der Waals surface area contributed by atoms with Crippen molar-refractivity contribution in [2.24, 2.45) is 5.41 Å². The van der Waals surface area contributed by atoms with Crippen molar-refractivity contribution in [2.45, 2.75) is 33.2 Å². The normalized spacial score (nSPS) is 22.5. The SMILES string of the molecule is CCNc1nc(Nc2cn(C3C[C@]3(C)C#N)nc2C)ncc1Br. The van der Waals surface area contributed by atoms with Crippen LogP contribution in [0.4, 0.5) is 17.5 Å². The molecule has 0 aromatic carbocycles. The van der Waals surface area contributed by atoms with Gasteiger partial charge in [-0.2, -0.15) is 15.3 Å². The summed E-state index contributed by atoms with van der Waals surface area (Å²) >= 11 is 3.42. The van der Waals surface area contributed by atoms with Crippen LogP contribution in [0, 0.1) is 23.7 Å². The molecule has 3 rings (SSSR count). The van der Waals surface area contributed by atoms with E-state index in [9.17, 15) is 5.26 Å². The quantitative estimate of drug-likeness (QED) is 0.831. The molecule has 0 bridgehead atoms. The third-order valence-electron chi connectivity index (χ3n) is 4.02. The molecule has 0 saturated heterocycles. The van der Waals surface area contributed by atoms with E-state index in [4.69, 9.17) is 0 Å². The van der Waals surface area contributed by atoms with Crippen LogP contribution in [-0.4, -0.2) is 26.3 Å². The molecule has 1 aliphatic carbocycles. The molecule has 1 unspecified atom stereocenters. The molecule has 2 heterocycles. The first-order valence-corrected chi connectivity index (χ1v) is 8.26. The molecule has 8 heteroatoms. The standard InChI is InChI=1S/C15H18BrN7/c1-4-18-13-10(16)6-19-14(21-13)20-11-7-23(22-9(11)2)12-5-15(12,3)8-17/h6-7,12H,4-5H2,1-3H3,(H2,18,19,20,21)/t12?,15-/m1/s1. The molecule has 2 aromatic heterocycles. The lowest BCUT2D eigenvalue weighted by molar-refractivity contribution is 0.550. The minimum Gasteiger partial charge on any atom is -0.369 e. The fourth-order valence-electron chi connectivity index (χ4n) is 2.45. The maximum atomic E-state index is 9.18. The van der Waals surface area contributed by atoms with Crippen molar-refractivity contribution in [1.29, 1.82) is 5.26 Å². The van der Waals surface area contributed by atoms with Crippen LogP contribution in [-0.2, 0) is 0 Å². The Morgan fingerprint density at radius 3 is 3.00 bits per heavy atom. The number of nitriles is 1. The highest BCUT2D eigenvalue weighted by Gasteiger charge is 2.53. The van der Waals surface area contributed by atoms with Gasteiger partial charge in [0.05, 0.1) is 33.4 Å². The number of rotatable bonds is 5. The molecule has 2 aromatic rings. The molecule has 0 radical (unpaired) electrons. The summed E-state index contributed by atoms with van der Waals surface area (Å²) in [6.07, 6.45) is 4.46. The number of hydrogen-bond donors (Lipinski definition) is 2. The first-order valence-electron chi connectivity index (χ1n) is 7.47. The highest BCUT2D eigenvalue weighted by atomic mass is 79.9. The summed E-state index contributed by atoms with van der Waals surface area (Å²) in [5.41, 5.74) is 1.40. The average molecular weight is 376 g/mol. The summed E-state index contributed by atoms with van der Waals surface area (Å²) in [7, 11) is 0. The van der Waals surface area contributed by atoms with Crippen molar-refractivity contribution in [3.63, 3.8) is 0 Å². The molecule has 1 aliphatic rings. The van der Waals surface area contributed by atoms with Gasteiger partial charge in [0.25, 0.3) is 0 Å². The monoisotopic (exact) mass is 375 g/mol. The van der Waals surface area contributed by atoms with Crippen LogP contribution in [0.3, 0.4) is 0 Å². The van der Waals surface area contributed by atoms with Crippen LogP contribution in [0.5, 0.6) is 0 Å². The van der Waals surface area contributed by atoms with Gasteiger partial charge in [-0.3, -0.25) is 4.68 Å². The Morgan fingerprint density at radius 2 is 2.35 bits per heavy atom. The Morgan fingerprint density at radius 1 is 1.57 bits per heavy atom. The molecule has 0 amide bonds. The van der Waals surface area contributed by atoms with Gasteiger partial charge in [-0.15, -0.1) is 0 Å². The van der Waals surface area contributed by atoms with Crippen LogP contribution in [0.15, 0.2) is 16.9 Å². The van der Waals surface area contributed by atoms with Gasteiger partial charge in [0, 0.05) is 18.9 Å². The second-order valence-corrected chi connectivity index (χ2v) is 6.76. The highest BCUT2D eigenvalue weighted by Crippen LogP contribution is 2.55. The molecular weight excluding hydrogens is 358 g/mol. The van der Waals surface area contributed by atoms with Gasteiger partial charge in [0.15, 0.2) is 0 Å². The smallest absolute Gasteiger partial charge is 0.229 e. The van der Waals surface area contributed by atoms with Crippen LogP contribution in [0.25, 0.3) is 0 Å². The maximum Gasteiger partial charge on any atom is 0.229 e. The van der Waals surface area contributed by atoms with E-state index >= 15 is 0 Å². The summed E-state index contributed by atoms with van der Waals surface area (Å²) in [4.78, 5) is 8.72. The maximum absolute atomic E-state index is 9.18. The number of hydrogen-bond acceptors (Lipinski definition) is 6. The van der Waals surface area contributed by atoms with Crippen molar-refractivity contribution >= 4 is 33.4 Å². The van der Waals surface area contributed by atoms with Gasteiger partial charge in [-0.1, -0.05) is 0 Å². The highest BCUT2D eigenvalue weighted by molar-refractivity contribution is 9.10. The molecular formula is C15H18BrN7. The summed E-state index contributed by atoms with van der Waals surface area (Å²) in [6, 6.07) is 2.49. The first kappa shape index (κ1) is 15.7. The number of aromatic nitrogens is 4. The number of aryl methyl sites for hydroxylation is 1. The van der Waals surface area contributed by atoms with Crippen molar-refractivity contribution in [3.05, 3.63) is 22.6 Å². The van der Waals surface area contributed by atoms with Gasteiger partial charge < -0.3 is 10.6 Å². The van der Waals surface area contributed by atoms with Gasteiger partial charge >= 0.3 is 0 Å². The Balaban J connectivity index is 1.80. The van der Waals surface area contributed by atoms with Crippen molar-refractivity contribution in [3.8, 4) is 6.07 Å². The predicted molar refractivity (Wildman–Crippen MR) is 91.5 cm³/mol. The third kappa shape index (κ3) is 3.01. The number of halogens is 1. The zero-order chi connectivity index (χ0) is 16.6. The van der Waals surface area contributed by atoms with Crippen LogP contribution >= 0.6 is 15.9 Å². The molecule has 2 N–H and O–H groups in total. The van der Waals surface area contributed by atoms with Gasteiger partial charge in [-0.25, -0.2) is 4.98 Å². The number of anilines is 3. The van der Waals surface area contributed by atoms with E-state index in [0.29, 0.717) is 5.95 Å². The lowest BCUT2D eigenvalue weighted by atomic mass is 10.2. The van der Waals surface area contributed by atoms with Crippen LogP contribution in [0.1, 0.15) is 32.0 Å². The topological polar surface area (TPSA) is 91.5 Å². The van der Waals surface area contributed by atoms with Gasteiger partial charge in [0.1, 0.15) is 5.82 Å². The first-order chi connectivity index (χ1) is 11.0. The zero-order valence-corrected chi connectivity index (χ0v) is 14.8. The average Bonchev–Trinajstić information content (AvgIpc) is 3.09. The second kappa shape index (κ2) is 5.81. The molecule has 120 valence electrons. The summed E-state index contributed by atoms with van der Waals surface area (Å²) < 4.78 is 2.69. The third-order valence-corrected chi connectivity index (χ3v) is 4.60. The second-order valence-electron chi connectivity index (χ2n) is 5.90. The summed E-state index contributed by atoms with van der Waals surface area (Å²) in [5.74, 6) is 1.25. The Kier molecular flexibility index (Phi) is 3.98. The molecule has 1 saturated carbocycles. The lowest BCUT2D eigenvalue weighted by Gasteiger charge is -2.08. The lowest BCUT2D eigenvalue weighted by Crippen LogP contribution is -2.04. The molecule has 0 aliphatic heterocycles. The fourth-order valence-corrected chi connectivity index (χ4v) is 2.78. The molecule has 2 atom stereocenters. The molecule has 1 fully saturated rings. The van der Waals surface area contributed by atoms with Crippen molar-refractivity contribution < 1.29 is 0 Å². The number of nitrogens with zero attached hydrogens (tertiary/aromatic N) is 5. The van der Waals surface area contributed by atoms with E-state index in [-0.39, 0.29) is 11.5 Å². The Bertz CT molecular complexity index is 779. The van der Waals surface area contributed by atoms with Crippen molar-refractivity contribution in [2.75, 3.05) is 17.2 Å². The largest absolute Gasteiger partial charge is 0.369 e. The Hall–Kier alpha value is -2.14. The molecule has 7 nitrogen and oxygen atoms in total. The van der Waals surface area contributed by atoms with Crippen molar-refractivity contribution in [1.82, 2.24) is 19.7 Å². The van der Waals surface area contributed by atoms with E-state index in [1.165, 1.54) is 0 Å². The van der Waals surface area contributed by atoms with Crippen LogP contribution < -0.4 is 10.6 Å². The minimum absolute atomic E-state index is 0.143. The van der Waals surface area contributed by atoms with Crippen LogP contribution in [0.2, 0.25) is 0 Å². The molecule has 23 heavy (non-hydrogen) atoms. The number of nitrogens with one attached hydrogen (secondary N) is 2. The minimum atomic E-state index is -0.304. The predicted octanol–water partition coefficient (Wildman–Crippen LogP) is 3.39. The Labute approximate surface area is 143 Å². The molecule has 0 spiro atoms. The zero-order valence-electron chi connectivity index (χ0n) is 13.3. The van der Waals surface area contributed by atoms with Gasteiger partial charge in [0.2, 0.25) is 5.95 Å². The van der Waals surface area contributed by atoms with E-state index in [1.807, 2.05) is 31.6 Å². The van der Waals surface area contributed by atoms with E-state index < -0.39 is 0 Å². The van der Waals surface area contributed by atoms with Gasteiger partial charge in [-0.05, 0) is 43.1 Å². The van der Waals surface area contributed by atoms with E-state index in [0.717, 1.165) is 34.6 Å². The summed E-state index contributed by atoms with van der Waals surface area (Å²) in [6.45, 7) is 6.68. The fraction of sp³-hybridized carbons (Fsp3) is 0.467. The van der Waals surface area contributed by atoms with E-state index in [2.05, 4.69) is 47.7 Å².